The van der Waals surface area contributed by atoms with Gasteiger partial charge in [-0.1, -0.05) is 12.1 Å². The molecule has 19 heavy (non-hydrogen) atoms. The Labute approximate surface area is 111 Å². The van der Waals surface area contributed by atoms with Crippen LogP contribution in [0.1, 0.15) is 31.2 Å². The summed E-state index contributed by atoms with van der Waals surface area (Å²) in [5, 5.41) is 10.8. The van der Waals surface area contributed by atoms with Crippen molar-refractivity contribution in [2.24, 2.45) is 0 Å². The molecule has 1 aromatic carbocycles. The first-order chi connectivity index (χ1) is 9.13. The Kier molecular flexibility index (Phi) is 3.94. The normalized spacial score (nSPS) is 15.2. The van der Waals surface area contributed by atoms with Gasteiger partial charge in [0, 0.05) is 17.7 Å². The van der Waals surface area contributed by atoms with Gasteiger partial charge in [0.25, 0.3) is 5.69 Å². The number of hydrogen-bond acceptors (Lipinski definition) is 4. The summed E-state index contributed by atoms with van der Waals surface area (Å²) in [4.78, 5) is 22.1. The topological polar surface area (TPSA) is 69.4 Å². The Morgan fingerprint density at radius 1 is 1.32 bits per heavy atom. The molecule has 0 spiro atoms. The van der Waals surface area contributed by atoms with Gasteiger partial charge in [0.1, 0.15) is 0 Å². The van der Waals surface area contributed by atoms with Gasteiger partial charge in [-0.05, 0) is 36.8 Å². The van der Waals surface area contributed by atoms with E-state index >= 15 is 0 Å². The number of nitrogens with zero attached hydrogens (tertiary/aromatic N) is 1. The Hall–Kier alpha value is -2.17. The first kappa shape index (κ1) is 13.3. The average Bonchev–Trinajstić information content (AvgIpc) is 2.46. The van der Waals surface area contributed by atoms with E-state index in [2.05, 4.69) is 0 Å². The minimum Gasteiger partial charge on any atom is -0.466 e. The number of rotatable bonds is 3. The highest BCUT2D eigenvalue weighted by Gasteiger charge is 2.21. The number of nitro groups is 1. The van der Waals surface area contributed by atoms with Crippen molar-refractivity contribution >= 4 is 17.2 Å². The highest BCUT2D eigenvalue weighted by Crippen LogP contribution is 2.34. The molecule has 1 aliphatic rings. The van der Waals surface area contributed by atoms with Gasteiger partial charge in [-0.3, -0.25) is 10.1 Å². The molecule has 1 aliphatic carbocycles. The first-order valence-corrected chi connectivity index (χ1v) is 6.18. The van der Waals surface area contributed by atoms with Crippen molar-refractivity contribution in [3.63, 3.8) is 0 Å². The van der Waals surface area contributed by atoms with Gasteiger partial charge >= 0.3 is 5.97 Å². The molecule has 5 nitrogen and oxygen atoms in total. The fourth-order valence-electron chi connectivity index (χ4n) is 2.38. The second kappa shape index (κ2) is 5.65. The number of carbonyl (C=O) groups is 1. The monoisotopic (exact) mass is 261 g/mol. The van der Waals surface area contributed by atoms with Crippen LogP contribution in [0.2, 0.25) is 0 Å². The van der Waals surface area contributed by atoms with Crippen LogP contribution in [0.5, 0.6) is 0 Å². The lowest BCUT2D eigenvalue weighted by atomic mass is 9.87. The molecule has 0 radical (unpaired) electrons. The van der Waals surface area contributed by atoms with Crippen molar-refractivity contribution in [2.45, 2.75) is 25.7 Å². The highest BCUT2D eigenvalue weighted by molar-refractivity contribution is 5.98. The van der Waals surface area contributed by atoms with E-state index in [0.717, 1.165) is 30.4 Å². The Bertz CT molecular complexity index is 548. The van der Waals surface area contributed by atoms with Crippen LogP contribution in [0.25, 0.3) is 5.57 Å². The molecule has 0 fully saturated rings. The molecule has 0 N–H and O–H groups in total. The molecule has 0 bridgehead atoms. The molecular weight excluding hydrogens is 246 g/mol. The molecule has 0 atom stereocenters. The fourth-order valence-corrected chi connectivity index (χ4v) is 2.38. The number of hydrogen-bond donors (Lipinski definition) is 0. The van der Waals surface area contributed by atoms with Gasteiger partial charge in [-0.15, -0.1) is 0 Å². The predicted octanol–water partition coefficient (Wildman–Crippen LogP) is 3.10. The van der Waals surface area contributed by atoms with E-state index in [-0.39, 0.29) is 11.7 Å². The van der Waals surface area contributed by atoms with Crippen molar-refractivity contribution in [3.05, 3.63) is 45.5 Å². The number of nitro benzene ring substituents is 1. The second-order valence-electron chi connectivity index (χ2n) is 4.46. The Balaban J connectivity index is 2.47. The molecule has 0 saturated heterocycles. The molecule has 0 amide bonds. The number of carbonyl (C=O) groups excluding carboxylic acids is 1. The summed E-state index contributed by atoms with van der Waals surface area (Å²) < 4.78 is 4.79. The second-order valence-corrected chi connectivity index (χ2v) is 4.46. The van der Waals surface area contributed by atoms with E-state index in [1.807, 2.05) is 0 Å². The lowest BCUT2D eigenvalue weighted by Gasteiger charge is -2.18. The SMILES string of the molecule is COC(=O)C1=C(c2cccc([N+](=O)[O-])c2)CCCC1. The summed E-state index contributed by atoms with van der Waals surface area (Å²) in [6.45, 7) is 0. The quantitative estimate of drug-likeness (QED) is 0.476. The molecule has 0 aliphatic heterocycles. The van der Waals surface area contributed by atoms with Crippen LogP contribution < -0.4 is 0 Å². The van der Waals surface area contributed by atoms with Crippen LogP contribution in [-0.4, -0.2) is 18.0 Å². The number of ether oxygens (including phenoxy) is 1. The van der Waals surface area contributed by atoms with Gasteiger partial charge in [0.15, 0.2) is 0 Å². The van der Waals surface area contributed by atoms with Crippen molar-refractivity contribution in [1.29, 1.82) is 0 Å². The summed E-state index contributed by atoms with van der Waals surface area (Å²) in [5.41, 5.74) is 2.31. The zero-order valence-electron chi connectivity index (χ0n) is 10.7. The van der Waals surface area contributed by atoms with Gasteiger partial charge in [0.05, 0.1) is 12.0 Å². The predicted molar refractivity (Wildman–Crippen MR) is 70.5 cm³/mol. The zero-order valence-corrected chi connectivity index (χ0v) is 10.7. The summed E-state index contributed by atoms with van der Waals surface area (Å²) in [6, 6.07) is 6.41. The van der Waals surface area contributed by atoms with Crippen LogP contribution in [0.3, 0.4) is 0 Å². The van der Waals surface area contributed by atoms with E-state index in [1.165, 1.54) is 19.2 Å². The summed E-state index contributed by atoms with van der Waals surface area (Å²) in [7, 11) is 1.36. The maximum Gasteiger partial charge on any atom is 0.334 e. The van der Waals surface area contributed by atoms with E-state index < -0.39 is 4.92 Å². The number of benzene rings is 1. The van der Waals surface area contributed by atoms with Crippen LogP contribution in [0, 0.1) is 10.1 Å². The van der Waals surface area contributed by atoms with Crippen LogP contribution in [0.4, 0.5) is 5.69 Å². The third-order valence-corrected chi connectivity index (χ3v) is 3.31. The van der Waals surface area contributed by atoms with Crippen molar-refractivity contribution in [2.75, 3.05) is 7.11 Å². The van der Waals surface area contributed by atoms with E-state index in [0.29, 0.717) is 12.0 Å². The molecule has 0 aromatic heterocycles. The molecule has 1 aromatic rings. The van der Waals surface area contributed by atoms with E-state index in [9.17, 15) is 14.9 Å². The summed E-state index contributed by atoms with van der Waals surface area (Å²) in [6.07, 6.45) is 3.36. The Morgan fingerprint density at radius 2 is 2.05 bits per heavy atom. The molecule has 100 valence electrons. The summed E-state index contributed by atoms with van der Waals surface area (Å²) in [5.74, 6) is -0.332. The molecular formula is C14H15NO4. The minimum absolute atomic E-state index is 0.0415. The van der Waals surface area contributed by atoms with Gasteiger partial charge < -0.3 is 4.74 Å². The van der Waals surface area contributed by atoms with Crippen LogP contribution >= 0.6 is 0 Å². The summed E-state index contributed by atoms with van der Waals surface area (Å²) >= 11 is 0. The van der Waals surface area contributed by atoms with E-state index in [4.69, 9.17) is 4.74 Å². The standard InChI is InChI=1S/C14H15NO4/c1-19-14(16)13-8-3-2-7-12(13)10-5-4-6-11(9-10)15(17)18/h4-6,9H,2-3,7-8H2,1H3. The smallest absolute Gasteiger partial charge is 0.334 e. The molecule has 0 unspecified atom stereocenters. The van der Waals surface area contributed by atoms with Crippen molar-refractivity contribution in [1.82, 2.24) is 0 Å². The zero-order chi connectivity index (χ0) is 13.8. The van der Waals surface area contributed by atoms with Crippen molar-refractivity contribution < 1.29 is 14.5 Å². The third-order valence-electron chi connectivity index (χ3n) is 3.31. The molecule has 5 heteroatoms. The Morgan fingerprint density at radius 3 is 2.74 bits per heavy atom. The molecule has 2 rings (SSSR count). The minimum atomic E-state index is -0.426. The lowest BCUT2D eigenvalue weighted by molar-refractivity contribution is -0.384. The van der Waals surface area contributed by atoms with E-state index in [1.54, 1.807) is 12.1 Å². The van der Waals surface area contributed by atoms with Gasteiger partial charge in [-0.2, -0.15) is 0 Å². The number of non-ortho nitro benzene ring substituents is 1. The van der Waals surface area contributed by atoms with Gasteiger partial charge in [0.2, 0.25) is 0 Å². The number of allylic oxidation sites excluding steroid dienone is 1. The largest absolute Gasteiger partial charge is 0.466 e. The average molecular weight is 261 g/mol. The van der Waals surface area contributed by atoms with Crippen LogP contribution in [-0.2, 0) is 9.53 Å². The maximum atomic E-state index is 11.8. The molecule has 0 heterocycles. The number of methoxy groups -OCH3 is 1. The first-order valence-electron chi connectivity index (χ1n) is 6.18. The van der Waals surface area contributed by atoms with Gasteiger partial charge in [-0.25, -0.2) is 4.79 Å². The maximum absolute atomic E-state index is 11.8. The fraction of sp³-hybridized carbons (Fsp3) is 0.357. The number of esters is 1. The lowest BCUT2D eigenvalue weighted by Crippen LogP contribution is -2.11. The highest BCUT2D eigenvalue weighted by atomic mass is 16.6. The van der Waals surface area contributed by atoms with Crippen molar-refractivity contribution in [3.8, 4) is 0 Å². The third kappa shape index (κ3) is 2.81. The van der Waals surface area contributed by atoms with Crippen LogP contribution in [0.15, 0.2) is 29.8 Å². The molecule has 0 saturated carbocycles.